The largest absolute Gasteiger partial charge is 0.490 e. The highest BCUT2D eigenvalue weighted by Gasteiger charge is 2.34. The van der Waals surface area contributed by atoms with Crippen LogP contribution >= 0.6 is 24.0 Å². The highest BCUT2D eigenvalue weighted by Crippen LogP contribution is 2.22. The minimum absolute atomic E-state index is 0. The summed E-state index contributed by atoms with van der Waals surface area (Å²) in [6, 6.07) is 16.9. The number of hydrogen-bond donors (Lipinski definition) is 1. The van der Waals surface area contributed by atoms with E-state index in [9.17, 15) is 9.59 Å². The number of nitrogens with one attached hydrogen (secondary N) is 1. The molecule has 0 unspecified atom stereocenters. The summed E-state index contributed by atoms with van der Waals surface area (Å²) < 4.78 is 6.08. The van der Waals surface area contributed by atoms with E-state index in [2.05, 4.69) is 15.2 Å². The lowest BCUT2D eigenvalue weighted by atomic mass is 10.1. The summed E-state index contributed by atoms with van der Waals surface area (Å²) in [5.41, 5.74) is 0.952. The van der Waals surface area contributed by atoms with Gasteiger partial charge in [0, 0.05) is 39.0 Å². The van der Waals surface area contributed by atoms with Crippen molar-refractivity contribution in [3.05, 3.63) is 65.7 Å². The predicted molar refractivity (Wildman–Crippen MR) is 135 cm³/mol. The second-order valence-electron chi connectivity index (χ2n) is 7.66. The summed E-state index contributed by atoms with van der Waals surface area (Å²) in [5, 5.41) is 3.33. The molecule has 2 aliphatic heterocycles. The molecule has 0 aliphatic carbocycles. The van der Waals surface area contributed by atoms with Crippen LogP contribution in [0.1, 0.15) is 40.5 Å². The van der Waals surface area contributed by atoms with Gasteiger partial charge in [0.15, 0.2) is 5.96 Å². The van der Waals surface area contributed by atoms with Crippen LogP contribution in [0.4, 0.5) is 0 Å². The van der Waals surface area contributed by atoms with Crippen LogP contribution in [0.3, 0.4) is 0 Å². The number of fused-ring (bicyclic) bond motifs is 1. The van der Waals surface area contributed by atoms with Crippen LogP contribution in [0.2, 0.25) is 0 Å². The van der Waals surface area contributed by atoms with Crippen LogP contribution in [-0.4, -0.2) is 66.4 Å². The van der Waals surface area contributed by atoms with Crippen LogP contribution in [0.5, 0.6) is 5.75 Å². The molecule has 170 valence electrons. The van der Waals surface area contributed by atoms with Crippen molar-refractivity contribution in [2.75, 3.05) is 32.7 Å². The number of carbonyl (C=O) groups is 2. The number of aliphatic imine (C=N–C) groups is 1. The van der Waals surface area contributed by atoms with Crippen molar-refractivity contribution in [2.45, 2.75) is 25.9 Å². The number of carbonyl (C=O) groups excluding carboxylic acids is 2. The second-order valence-corrected chi connectivity index (χ2v) is 7.66. The van der Waals surface area contributed by atoms with Crippen molar-refractivity contribution in [3.8, 4) is 5.75 Å². The highest BCUT2D eigenvalue weighted by molar-refractivity contribution is 14.0. The Morgan fingerprint density at radius 1 is 1.00 bits per heavy atom. The van der Waals surface area contributed by atoms with Gasteiger partial charge in [-0.2, -0.15) is 0 Å². The van der Waals surface area contributed by atoms with E-state index in [-0.39, 0.29) is 48.4 Å². The summed E-state index contributed by atoms with van der Waals surface area (Å²) in [6.07, 6.45) is 2.02. The Morgan fingerprint density at radius 2 is 1.59 bits per heavy atom. The van der Waals surface area contributed by atoms with Crippen molar-refractivity contribution in [1.82, 2.24) is 15.1 Å². The summed E-state index contributed by atoms with van der Waals surface area (Å²) in [4.78, 5) is 33.2. The van der Waals surface area contributed by atoms with E-state index in [1.165, 1.54) is 4.90 Å². The number of piperidine rings is 1. The first-order chi connectivity index (χ1) is 15.2. The molecule has 0 radical (unpaired) electrons. The lowest BCUT2D eigenvalue weighted by molar-refractivity contribution is 0.0658. The summed E-state index contributed by atoms with van der Waals surface area (Å²) >= 11 is 0. The normalized spacial score (nSPS) is 16.6. The minimum Gasteiger partial charge on any atom is -0.490 e. The number of hydrogen-bond acceptors (Lipinski definition) is 4. The number of rotatable bonds is 6. The van der Waals surface area contributed by atoms with Gasteiger partial charge in [0.1, 0.15) is 11.9 Å². The summed E-state index contributed by atoms with van der Waals surface area (Å²) in [6.45, 7) is 5.12. The smallest absolute Gasteiger partial charge is 0.261 e. The van der Waals surface area contributed by atoms with Gasteiger partial charge < -0.3 is 15.0 Å². The molecule has 32 heavy (non-hydrogen) atoms. The molecule has 2 aromatic rings. The average molecular weight is 548 g/mol. The van der Waals surface area contributed by atoms with Gasteiger partial charge in [0.25, 0.3) is 11.8 Å². The van der Waals surface area contributed by atoms with Crippen LogP contribution in [0.25, 0.3) is 0 Å². The van der Waals surface area contributed by atoms with Gasteiger partial charge in [0.05, 0.1) is 17.7 Å². The van der Waals surface area contributed by atoms with Gasteiger partial charge in [-0.25, -0.2) is 0 Å². The first kappa shape index (κ1) is 24.0. The van der Waals surface area contributed by atoms with E-state index in [1.54, 1.807) is 24.3 Å². The Kier molecular flexibility index (Phi) is 8.49. The van der Waals surface area contributed by atoms with Gasteiger partial charge in [-0.15, -0.1) is 24.0 Å². The molecule has 2 aromatic carbocycles. The van der Waals surface area contributed by atoms with E-state index in [0.29, 0.717) is 17.7 Å². The van der Waals surface area contributed by atoms with Crippen molar-refractivity contribution < 1.29 is 14.3 Å². The highest BCUT2D eigenvalue weighted by atomic mass is 127. The molecule has 0 bridgehead atoms. The summed E-state index contributed by atoms with van der Waals surface area (Å²) in [5.74, 6) is 1.25. The number of para-hydroxylation sites is 1. The molecule has 4 rings (SSSR count). The maximum atomic E-state index is 12.5. The molecule has 1 saturated heterocycles. The molecule has 0 spiro atoms. The van der Waals surface area contributed by atoms with Gasteiger partial charge in [-0.1, -0.05) is 30.3 Å². The first-order valence-electron chi connectivity index (χ1n) is 10.9. The van der Waals surface area contributed by atoms with Crippen molar-refractivity contribution in [3.63, 3.8) is 0 Å². The third-order valence-electron chi connectivity index (χ3n) is 5.59. The summed E-state index contributed by atoms with van der Waals surface area (Å²) in [7, 11) is 0. The number of nitrogens with zero attached hydrogens (tertiary/aromatic N) is 3. The lowest BCUT2D eigenvalue weighted by Gasteiger charge is -2.34. The number of likely N-dealkylation sites (tertiary alicyclic amines) is 1. The topological polar surface area (TPSA) is 74.2 Å². The maximum absolute atomic E-state index is 12.5. The van der Waals surface area contributed by atoms with E-state index >= 15 is 0 Å². The molecule has 8 heteroatoms. The van der Waals surface area contributed by atoms with Crippen LogP contribution < -0.4 is 10.1 Å². The van der Waals surface area contributed by atoms with Gasteiger partial charge in [-0.3, -0.25) is 19.5 Å². The number of imide groups is 1. The fraction of sp³-hybridized carbons (Fsp3) is 0.375. The van der Waals surface area contributed by atoms with E-state index in [0.717, 1.165) is 44.2 Å². The van der Waals surface area contributed by atoms with Crippen molar-refractivity contribution >= 4 is 41.8 Å². The monoisotopic (exact) mass is 548 g/mol. The van der Waals surface area contributed by atoms with Crippen LogP contribution in [-0.2, 0) is 0 Å². The molecule has 2 heterocycles. The molecule has 1 fully saturated rings. The molecular weight excluding hydrogens is 519 g/mol. The van der Waals surface area contributed by atoms with Gasteiger partial charge in [0.2, 0.25) is 0 Å². The third-order valence-corrected chi connectivity index (χ3v) is 5.59. The quantitative estimate of drug-likeness (QED) is 0.259. The molecule has 0 saturated carbocycles. The Hall–Kier alpha value is -2.62. The number of amides is 2. The average Bonchev–Trinajstić information content (AvgIpc) is 3.05. The molecule has 0 atom stereocenters. The molecule has 2 amide bonds. The lowest BCUT2D eigenvalue weighted by Crippen LogP contribution is -2.47. The third kappa shape index (κ3) is 5.40. The van der Waals surface area contributed by atoms with Crippen LogP contribution in [0, 0.1) is 0 Å². The Labute approximate surface area is 205 Å². The standard InChI is InChI=1S/C24H28N4O3.HI/c1-2-25-24(27-15-12-19(13-16-27)31-18-8-4-3-5-9-18)26-14-17-28-22(29)20-10-6-7-11-21(20)23(28)30;/h3-11,19H,2,12-17H2,1H3,(H,25,26);1H. The molecule has 2 aliphatic rings. The fourth-order valence-corrected chi connectivity index (χ4v) is 4.00. The van der Waals surface area contributed by atoms with Gasteiger partial charge >= 0.3 is 0 Å². The maximum Gasteiger partial charge on any atom is 0.261 e. The zero-order chi connectivity index (χ0) is 21.6. The zero-order valence-corrected chi connectivity index (χ0v) is 20.5. The molecular formula is C24H29IN4O3. The van der Waals surface area contributed by atoms with Crippen LogP contribution in [0.15, 0.2) is 59.6 Å². The SMILES string of the molecule is CCNC(=NCCN1C(=O)c2ccccc2C1=O)N1CCC(Oc2ccccc2)CC1.I. The Balaban J connectivity index is 0.00000289. The van der Waals surface area contributed by atoms with E-state index in [1.807, 2.05) is 37.3 Å². The number of benzene rings is 2. The fourth-order valence-electron chi connectivity index (χ4n) is 4.00. The second kappa shape index (κ2) is 11.3. The number of halogens is 1. The van der Waals surface area contributed by atoms with Crippen molar-refractivity contribution in [2.24, 2.45) is 4.99 Å². The Bertz CT molecular complexity index is 924. The van der Waals surface area contributed by atoms with Gasteiger partial charge in [-0.05, 0) is 31.2 Å². The molecule has 7 nitrogen and oxygen atoms in total. The molecule has 1 N–H and O–H groups in total. The zero-order valence-electron chi connectivity index (χ0n) is 18.2. The minimum atomic E-state index is -0.236. The van der Waals surface area contributed by atoms with E-state index < -0.39 is 0 Å². The predicted octanol–water partition coefficient (Wildman–Crippen LogP) is 3.41. The number of guanidine groups is 1. The molecule has 0 aromatic heterocycles. The number of ether oxygens (including phenoxy) is 1. The van der Waals surface area contributed by atoms with E-state index in [4.69, 9.17) is 4.74 Å². The Morgan fingerprint density at radius 3 is 2.19 bits per heavy atom. The van der Waals surface area contributed by atoms with Crippen molar-refractivity contribution in [1.29, 1.82) is 0 Å². The first-order valence-corrected chi connectivity index (χ1v) is 10.9.